The second-order valence-electron chi connectivity index (χ2n) is 7.50. The maximum Gasteiger partial charge on any atom is 0.200 e. The fraction of sp³-hybridized carbons (Fsp3) is 0. The summed E-state index contributed by atoms with van der Waals surface area (Å²) < 4.78 is 216. The molecule has 0 radical (unpaired) electrons. The van der Waals surface area contributed by atoms with Crippen molar-refractivity contribution in [1.29, 1.82) is 0 Å². The van der Waals surface area contributed by atoms with Crippen molar-refractivity contribution in [1.82, 2.24) is 0 Å². The van der Waals surface area contributed by atoms with E-state index in [4.69, 9.17) is 0 Å². The molecule has 0 fully saturated rings. The molecule has 0 nitrogen and oxygen atoms in total. The summed E-state index contributed by atoms with van der Waals surface area (Å²) in [5.41, 5.74) is -8.11. The van der Waals surface area contributed by atoms with Gasteiger partial charge in [0.05, 0.1) is 0 Å². The molecule has 202 valence electrons. The average Bonchev–Trinajstić information content (AvgIpc) is 2.89. The molecule has 0 spiro atoms. The average molecular weight is 565 g/mol. The molecule has 0 aliphatic rings. The largest absolute Gasteiger partial charge is 0.231 e. The van der Waals surface area contributed by atoms with Gasteiger partial charge >= 0.3 is 0 Å². The minimum atomic E-state index is -5.67. The van der Waals surface area contributed by atoms with Crippen LogP contribution in [0.5, 0.6) is 0 Å². The predicted octanol–water partition coefficient (Wildman–Crippen LogP) is 5.52. The molecule has 0 unspecified atom stereocenters. The molecule has 38 heavy (non-hydrogen) atoms. The Labute approximate surface area is 201 Å². The van der Waals surface area contributed by atoms with Crippen LogP contribution in [0.2, 0.25) is 0 Å². The first-order valence-corrected chi connectivity index (χ1v) is 9.61. The fourth-order valence-electron chi connectivity index (χ4n) is 4.03. The third-order valence-corrected chi connectivity index (χ3v) is 5.63. The van der Waals surface area contributed by atoms with Crippen molar-refractivity contribution in [2.24, 2.45) is 0 Å². The molecule has 0 aromatic heterocycles. The summed E-state index contributed by atoms with van der Waals surface area (Å²) in [6, 6.07) is 0. The van der Waals surface area contributed by atoms with Gasteiger partial charge in [-0.2, -0.15) is 0 Å². The van der Waals surface area contributed by atoms with Gasteiger partial charge in [0.1, 0.15) is 41.0 Å². The second kappa shape index (κ2) is 9.80. The number of hydrogen-bond donors (Lipinski definition) is 0. The molecule has 0 saturated carbocycles. The number of rotatable bonds is 5. The van der Waals surface area contributed by atoms with Gasteiger partial charge in [-0.3, -0.25) is 0 Å². The van der Waals surface area contributed by atoms with Crippen molar-refractivity contribution in [3.8, 4) is 0 Å². The normalized spacial score (nSPS) is 12.1. The summed E-state index contributed by atoms with van der Waals surface area (Å²) in [6.45, 7) is 2.96. The Balaban J connectivity index is 2.92. The van der Waals surface area contributed by atoms with Crippen molar-refractivity contribution in [3.05, 3.63) is 112 Å². The molecule has 0 saturated heterocycles. The summed E-state index contributed by atoms with van der Waals surface area (Å²) in [6.07, 6.45) is -5.02. The molecule has 0 aliphatic heterocycles. The lowest BCUT2D eigenvalue weighted by Gasteiger charge is -2.41. The molecule has 3 aromatic rings. The van der Waals surface area contributed by atoms with Crippen LogP contribution in [0, 0.1) is 87.3 Å². The van der Waals surface area contributed by atoms with E-state index in [1.165, 1.54) is 0 Å². The SMILES string of the molecule is C=CC=C[B-](c1c(F)c(F)c(F)c(F)c1F)(c1c(F)c(F)c(F)c(F)c1F)c1c(F)c(F)c(F)c(F)c1F. The first-order chi connectivity index (χ1) is 17.6. The maximum atomic E-state index is 15.0. The fourth-order valence-corrected chi connectivity index (χ4v) is 4.03. The zero-order valence-corrected chi connectivity index (χ0v) is 17.7. The van der Waals surface area contributed by atoms with Crippen LogP contribution in [0.1, 0.15) is 0 Å². The Morgan fingerprint density at radius 1 is 0.342 bits per heavy atom. The monoisotopic (exact) mass is 565 g/mol. The lowest BCUT2D eigenvalue weighted by atomic mass is 9.15. The predicted molar refractivity (Wildman–Crippen MR) is 103 cm³/mol. The molecule has 3 aromatic carbocycles. The Morgan fingerprint density at radius 3 is 0.711 bits per heavy atom. The Hall–Kier alpha value is -3.85. The van der Waals surface area contributed by atoms with Gasteiger partial charge in [-0.25, -0.2) is 71.8 Å². The van der Waals surface area contributed by atoms with Gasteiger partial charge in [-0.15, -0.1) is 22.5 Å². The summed E-state index contributed by atoms with van der Waals surface area (Å²) in [7, 11) is 0. The second-order valence-corrected chi connectivity index (χ2v) is 7.50. The summed E-state index contributed by atoms with van der Waals surface area (Å²) >= 11 is 0. The molecule has 0 aliphatic carbocycles. The van der Waals surface area contributed by atoms with E-state index in [1.54, 1.807) is 0 Å². The van der Waals surface area contributed by atoms with Gasteiger partial charge in [-0.05, 0) is 0 Å². The van der Waals surface area contributed by atoms with E-state index in [1.807, 2.05) is 0 Å². The quantitative estimate of drug-likeness (QED) is 0.126. The molecule has 0 atom stereocenters. The number of allylic oxidation sites excluding steroid dienone is 2. The first kappa shape index (κ1) is 28.7. The Morgan fingerprint density at radius 2 is 0.526 bits per heavy atom. The van der Waals surface area contributed by atoms with Gasteiger partial charge in [-0.1, -0.05) is 12.7 Å². The summed E-state index contributed by atoms with van der Waals surface area (Å²) in [5.74, 6) is -46.0. The zero-order valence-electron chi connectivity index (χ0n) is 17.7. The van der Waals surface area contributed by atoms with Crippen molar-refractivity contribution >= 4 is 22.5 Å². The number of benzene rings is 3. The van der Waals surface area contributed by atoms with Crippen LogP contribution in [0.25, 0.3) is 0 Å². The Kier molecular flexibility index (Phi) is 7.40. The lowest BCUT2D eigenvalue weighted by molar-refractivity contribution is 0.380. The van der Waals surface area contributed by atoms with Crippen LogP contribution < -0.4 is 16.4 Å². The van der Waals surface area contributed by atoms with Gasteiger partial charge in [0.15, 0.2) is 52.4 Å². The Bertz CT molecular complexity index is 1290. The summed E-state index contributed by atoms with van der Waals surface area (Å²) in [4.78, 5) is 0. The van der Waals surface area contributed by atoms with Gasteiger partial charge in [0, 0.05) is 0 Å². The van der Waals surface area contributed by atoms with Gasteiger partial charge < -0.3 is 0 Å². The number of hydrogen-bond acceptors (Lipinski definition) is 0. The third-order valence-electron chi connectivity index (χ3n) is 5.63. The van der Waals surface area contributed by atoms with Crippen molar-refractivity contribution in [2.45, 2.75) is 0 Å². The van der Waals surface area contributed by atoms with Crippen LogP contribution >= 0.6 is 0 Å². The number of halogens is 15. The molecule has 0 amide bonds. The van der Waals surface area contributed by atoms with Crippen LogP contribution in [-0.2, 0) is 0 Å². The van der Waals surface area contributed by atoms with Crippen molar-refractivity contribution in [2.75, 3.05) is 0 Å². The smallest absolute Gasteiger partial charge is 0.200 e. The van der Waals surface area contributed by atoms with E-state index in [2.05, 4.69) is 6.58 Å². The lowest BCUT2D eigenvalue weighted by Crippen LogP contribution is -2.72. The molecule has 0 bridgehead atoms. The first-order valence-electron chi connectivity index (χ1n) is 9.61. The minimum Gasteiger partial charge on any atom is -0.231 e. The molecular formula is C22H5BF15-. The molecule has 0 heterocycles. The van der Waals surface area contributed by atoms with Crippen LogP contribution in [0.15, 0.2) is 24.7 Å². The summed E-state index contributed by atoms with van der Waals surface area (Å²) in [5, 5.41) is 0. The standard InChI is InChI=1S/C22H5BF15/c1-2-3-4-23(5-8(24)14(30)20(36)15(31)9(5)25,6-10(26)16(32)21(37)17(33)11(6)27)7-12(28)18(34)22(38)19(35)13(7)29/h2-4H,1H2/q-1. The van der Waals surface area contributed by atoms with E-state index < -0.39 is 110 Å². The van der Waals surface area contributed by atoms with E-state index in [0.29, 0.717) is 6.08 Å². The highest BCUT2D eigenvalue weighted by Gasteiger charge is 2.46. The highest BCUT2D eigenvalue weighted by Crippen LogP contribution is 2.28. The van der Waals surface area contributed by atoms with E-state index >= 15 is 26.3 Å². The van der Waals surface area contributed by atoms with E-state index in [-0.39, 0.29) is 12.1 Å². The maximum absolute atomic E-state index is 15.0. The van der Waals surface area contributed by atoms with Gasteiger partial charge in [0.25, 0.3) is 0 Å². The third kappa shape index (κ3) is 3.76. The molecular weight excluding hydrogens is 560 g/mol. The highest BCUT2D eigenvalue weighted by molar-refractivity contribution is 7.15. The van der Waals surface area contributed by atoms with E-state index in [9.17, 15) is 39.5 Å². The molecule has 0 N–H and O–H groups in total. The molecule has 16 heteroatoms. The van der Waals surface area contributed by atoms with Crippen LogP contribution in [0.3, 0.4) is 0 Å². The highest BCUT2D eigenvalue weighted by atomic mass is 19.2. The zero-order chi connectivity index (χ0) is 29.0. The van der Waals surface area contributed by atoms with Gasteiger partial charge in [0.2, 0.25) is 0 Å². The van der Waals surface area contributed by atoms with Crippen LogP contribution in [-0.4, -0.2) is 6.15 Å². The van der Waals surface area contributed by atoms with Crippen LogP contribution in [0.4, 0.5) is 65.9 Å². The molecule has 3 rings (SSSR count). The van der Waals surface area contributed by atoms with Crippen molar-refractivity contribution < 1.29 is 65.9 Å². The minimum absolute atomic E-state index is 0.203. The van der Waals surface area contributed by atoms with Crippen molar-refractivity contribution in [3.63, 3.8) is 0 Å². The topological polar surface area (TPSA) is 0 Å². The van der Waals surface area contributed by atoms with E-state index in [0.717, 1.165) is 0 Å².